The van der Waals surface area contributed by atoms with E-state index < -0.39 is 18.5 Å². The van der Waals surface area contributed by atoms with E-state index >= 15 is 0 Å². The van der Waals surface area contributed by atoms with Crippen molar-refractivity contribution in [1.82, 2.24) is 4.90 Å². The molecule has 0 fully saturated rings. The Kier molecular flexibility index (Phi) is 9.16. The maximum atomic E-state index is 12.5. The first kappa shape index (κ1) is 28.1. The fraction of sp³-hybridized carbons (Fsp3) is 0.167. The van der Waals surface area contributed by atoms with Crippen LogP contribution in [-0.4, -0.2) is 41.6 Å². The van der Waals surface area contributed by atoms with Gasteiger partial charge in [-0.3, -0.25) is 4.79 Å². The molecule has 0 saturated carbocycles. The van der Waals surface area contributed by atoms with Crippen molar-refractivity contribution in [2.75, 3.05) is 13.7 Å². The van der Waals surface area contributed by atoms with E-state index in [-0.39, 0.29) is 16.5 Å². The molecular formula is C30H26BrNO6S. The zero-order valence-electron chi connectivity index (χ0n) is 21.3. The van der Waals surface area contributed by atoms with Crippen LogP contribution in [0.2, 0.25) is 0 Å². The van der Waals surface area contributed by atoms with E-state index in [1.165, 1.54) is 7.11 Å². The normalized spacial score (nSPS) is 10.6. The number of carbonyl (C=O) groups is 3. The Morgan fingerprint density at radius 3 is 2.15 bits per heavy atom. The van der Waals surface area contributed by atoms with Crippen molar-refractivity contribution in [2.45, 2.75) is 20.0 Å². The van der Waals surface area contributed by atoms with Gasteiger partial charge in [-0.1, -0.05) is 72.8 Å². The van der Waals surface area contributed by atoms with Crippen LogP contribution in [-0.2, 0) is 27.4 Å². The summed E-state index contributed by atoms with van der Waals surface area (Å²) >= 11 is 4.61. The third kappa shape index (κ3) is 6.93. The van der Waals surface area contributed by atoms with Crippen LogP contribution >= 0.6 is 27.3 Å². The molecule has 0 bridgehead atoms. The second-order valence-corrected chi connectivity index (χ2v) is 10.5. The number of hydrogen-bond acceptors (Lipinski definition) is 6. The molecule has 0 aliphatic carbocycles. The first-order valence-electron chi connectivity index (χ1n) is 12.0. The number of carboxylic acid groups (broad SMARTS) is 1. The van der Waals surface area contributed by atoms with Crippen molar-refractivity contribution >= 4 is 45.1 Å². The molecule has 0 atom stereocenters. The summed E-state index contributed by atoms with van der Waals surface area (Å²) in [7, 11) is 1.25. The molecule has 1 aromatic heterocycles. The van der Waals surface area contributed by atoms with Crippen molar-refractivity contribution < 1.29 is 29.0 Å². The highest BCUT2D eigenvalue weighted by molar-refractivity contribution is 9.10. The molecule has 0 spiro atoms. The molecule has 0 unspecified atom stereocenters. The van der Waals surface area contributed by atoms with Crippen LogP contribution in [0.4, 0.5) is 0 Å². The number of carboxylic acids is 1. The molecule has 0 aliphatic heterocycles. The summed E-state index contributed by atoms with van der Waals surface area (Å²) in [5, 5.41) is 9.03. The summed E-state index contributed by atoms with van der Waals surface area (Å²) in [6, 6.07) is 25.9. The van der Waals surface area contributed by atoms with Gasteiger partial charge in [-0.25, -0.2) is 9.59 Å². The van der Waals surface area contributed by atoms with Crippen molar-refractivity contribution in [1.29, 1.82) is 0 Å². The Balaban J connectivity index is 1.56. The van der Waals surface area contributed by atoms with Crippen LogP contribution in [0.1, 0.15) is 27.7 Å². The highest BCUT2D eigenvalue weighted by Crippen LogP contribution is 2.46. The molecule has 200 valence electrons. The summed E-state index contributed by atoms with van der Waals surface area (Å²) in [6.45, 7) is 1.79. The maximum Gasteiger partial charge on any atom is 0.351 e. The van der Waals surface area contributed by atoms with E-state index in [1.807, 2.05) is 54.6 Å². The maximum absolute atomic E-state index is 12.5. The van der Waals surface area contributed by atoms with Crippen LogP contribution in [0, 0.1) is 0 Å². The van der Waals surface area contributed by atoms with Gasteiger partial charge in [0.1, 0.15) is 0 Å². The summed E-state index contributed by atoms with van der Waals surface area (Å²) in [5.74, 6) is -1.71. The lowest BCUT2D eigenvalue weighted by molar-refractivity contribution is -0.139. The van der Waals surface area contributed by atoms with Gasteiger partial charge in [0.25, 0.3) is 0 Å². The molecule has 1 amide bonds. The predicted molar refractivity (Wildman–Crippen MR) is 154 cm³/mol. The number of ether oxygens (including phenoxy) is 2. The zero-order chi connectivity index (χ0) is 27.9. The van der Waals surface area contributed by atoms with Gasteiger partial charge in [-0.2, -0.15) is 0 Å². The van der Waals surface area contributed by atoms with E-state index in [9.17, 15) is 14.4 Å². The lowest BCUT2D eigenvalue weighted by atomic mass is 10.0. The summed E-state index contributed by atoms with van der Waals surface area (Å²) in [5.41, 5.74) is 4.95. The minimum Gasteiger partial charge on any atom is -0.479 e. The highest BCUT2D eigenvalue weighted by Gasteiger charge is 2.25. The standard InChI is InChI=1S/C30H26BrNO6S/c1-19(33)32(16-20-11-13-23(14-12-20)22-8-4-3-5-9-22)17-21-7-6-10-24(15-21)28-26(31)27(38-18-25(34)35)29(39-28)30(36)37-2/h3-15H,16-18H2,1-2H3,(H,34,35). The number of rotatable bonds is 10. The molecule has 0 radical (unpaired) electrons. The van der Waals surface area contributed by atoms with Gasteiger partial charge in [0.05, 0.1) is 16.5 Å². The number of carbonyl (C=O) groups excluding carboxylic acids is 2. The first-order chi connectivity index (χ1) is 18.8. The smallest absolute Gasteiger partial charge is 0.351 e. The largest absolute Gasteiger partial charge is 0.479 e. The van der Waals surface area contributed by atoms with Crippen LogP contribution in [0.25, 0.3) is 21.6 Å². The number of hydrogen-bond donors (Lipinski definition) is 1. The second-order valence-electron chi connectivity index (χ2n) is 8.72. The van der Waals surface area contributed by atoms with Crippen LogP contribution in [0.15, 0.2) is 83.3 Å². The van der Waals surface area contributed by atoms with E-state index in [0.29, 0.717) is 22.4 Å². The monoisotopic (exact) mass is 607 g/mol. The fourth-order valence-electron chi connectivity index (χ4n) is 4.03. The van der Waals surface area contributed by atoms with Gasteiger partial charge in [-0.15, -0.1) is 11.3 Å². The highest BCUT2D eigenvalue weighted by atomic mass is 79.9. The molecule has 1 N–H and O–H groups in total. The number of methoxy groups -OCH3 is 1. The minimum absolute atomic E-state index is 0.0535. The molecule has 4 rings (SSSR count). The van der Waals surface area contributed by atoms with Gasteiger partial charge >= 0.3 is 11.9 Å². The lowest BCUT2D eigenvalue weighted by Gasteiger charge is -2.22. The Labute approximate surface area is 238 Å². The first-order valence-corrected chi connectivity index (χ1v) is 13.6. The molecular weight excluding hydrogens is 582 g/mol. The Morgan fingerprint density at radius 2 is 1.51 bits per heavy atom. The quantitative estimate of drug-likeness (QED) is 0.203. The second kappa shape index (κ2) is 12.7. The van der Waals surface area contributed by atoms with Crippen LogP contribution in [0.5, 0.6) is 5.75 Å². The van der Waals surface area contributed by atoms with Crippen LogP contribution < -0.4 is 4.74 Å². The van der Waals surface area contributed by atoms with Crippen molar-refractivity contribution in [3.63, 3.8) is 0 Å². The van der Waals surface area contributed by atoms with E-state index in [2.05, 4.69) is 40.2 Å². The fourth-order valence-corrected chi connectivity index (χ4v) is 6.00. The van der Waals surface area contributed by atoms with Gasteiger partial charge < -0.3 is 19.5 Å². The Bertz CT molecular complexity index is 1480. The zero-order valence-corrected chi connectivity index (χ0v) is 23.8. The van der Waals surface area contributed by atoms with E-state index in [0.717, 1.165) is 39.2 Å². The SMILES string of the molecule is COC(=O)c1sc(-c2cccc(CN(Cc3ccc(-c4ccccc4)cc3)C(C)=O)c2)c(Br)c1OCC(=O)O. The van der Waals surface area contributed by atoms with E-state index in [1.54, 1.807) is 11.8 Å². The van der Waals surface area contributed by atoms with Gasteiger partial charge in [-0.05, 0) is 49.8 Å². The third-order valence-electron chi connectivity index (χ3n) is 5.96. The number of esters is 1. The summed E-state index contributed by atoms with van der Waals surface area (Å²) in [4.78, 5) is 38.5. The number of aliphatic carboxylic acids is 1. The molecule has 3 aromatic carbocycles. The Hall–Kier alpha value is -3.95. The van der Waals surface area contributed by atoms with Crippen LogP contribution in [0.3, 0.4) is 0 Å². The molecule has 4 aromatic rings. The molecule has 0 aliphatic rings. The van der Waals surface area contributed by atoms with Crippen molar-refractivity contribution in [3.8, 4) is 27.3 Å². The summed E-state index contributed by atoms with van der Waals surface area (Å²) < 4.78 is 10.7. The molecule has 39 heavy (non-hydrogen) atoms. The molecule has 9 heteroatoms. The summed E-state index contributed by atoms with van der Waals surface area (Å²) in [6.07, 6.45) is 0. The molecule has 0 saturated heterocycles. The number of thiophene rings is 1. The average molecular weight is 609 g/mol. The number of halogens is 1. The number of nitrogens with zero attached hydrogens (tertiary/aromatic N) is 1. The third-order valence-corrected chi connectivity index (χ3v) is 8.18. The predicted octanol–water partition coefficient (Wildman–Crippen LogP) is 6.64. The number of amides is 1. The van der Waals surface area contributed by atoms with Gasteiger partial charge in [0.15, 0.2) is 17.2 Å². The lowest BCUT2D eigenvalue weighted by Crippen LogP contribution is -2.27. The van der Waals surface area contributed by atoms with Crippen molar-refractivity contribution in [3.05, 3.63) is 99.3 Å². The Morgan fingerprint density at radius 1 is 0.872 bits per heavy atom. The van der Waals surface area contributed by atoms with E-state index in [4.69, 9.17) is 14.6 Å². The topological polar surface area (TPSA) is 93.1 Å². The molecule has 1 heterocycles. The van der Waals surface area contributed by atoms with Crippen molar-refractivity contribution in [2.24, 2.45) is 0 Å². The minimum atomic E-state index is -1.16. The average Bonchev–Trinajstić information content (AvgIpc) is 3.28. The number of benzene rings is 3. The van der Waals surface area contributed by atoms with Gasteiger partial charge in [0, 0.05) is 20.0 Å². The molecule has 7 nitrogen and oxygen atoms in total. The van der Waals surface area contributed by atoms with Gasteiger partial charge in [0.2, 0.25) is 5.91 Å².